The highest BCUT2D eigenvalue weighted by atomic mass is 28.4. The van der Waals surface area contributed by atoms with Crippen molar-refractivity contribution >= 4 is 8.32 Å². The van der Waals surface area contributed by atoms with E-state index in [0.29, 0.717) is 0 Å². The van der Waals surface area contributed by atoms with Gasteiger partial charge in [-0.05, 0) is 24.6 Å². The first-order chi connectivity index (χ1) is 8.53. The molecule has 0 N–H and O–H groups in total. The molecule has 0 saturated carbocycles. The molecule has 4 nitrogen and oxygen atoms in total. The highest BCUT2D eigenvalue weighted by Crippen LogP contribution is 2.38. The Labute approximate surface area is 119 Å². The largest absolute Gasteiger partial charge is 0.407 e. The summed E-state index contributed by atoms with van der Waals surface area (Å²) in [6.07, 6.45) is 3.79. The van der Waals surface area contributed by atoms with Gasteiger partial charge in [0, 0.05) is 11.8 Å². The summed E-state index contributed by atoms with van der Waals surface area (Å²) in [5, 5.41) is 11.1. The third-order valence-corrected chi connectivity index (χ3v) is 8.72. The minimum atomic E-state index is -1.94. The van der Waals surface area contributed by atoms with Crippen molar-refractivity contribution in [3.8, 4) is 0 Å². The van der Waals surface area contributed by atoms with Crippen LogP contribution in [0.2, 0.25) is 18.1 Å². The van der Waals surface area contributed by atoms with Gasteiger partial charge in [-0.1, -0.05) is 47.0 Å². The van der Waals surface area contributed by atoms with Crippen LogP contribution in [0.5, 0.6) is 0 Å². The van der Waals surface area contributed by atoms with Gasteiger partial charge >= 0.3 is 0 Å². The molecule has 0 radical (unpaired) electrons. The second-order valence-corrected chi connectivity index (χ2v) is 11.7. The van der Waals surface area contributed by atoms with Crippen LogP contribution in [0.4, 0.5) is 0 Å². The topological polar surface area (TPSA) is 52.4 Å². The minimum absolute atomic E-state index is 0.0896. The lowest BCUT2D eigenvalue weighted by molar-refractivity contribution is -0.529. The summed E-state index contributed by atoms with van der Waals surface area (Å²) < 4.78 is 6.27. The van der Waals surface area contributed by atoms with Gasteiger partial charge in [-0.25, -0.2) is 0 Å². The molecule has 0 unspecified atom stereocenters. The van der Waals surface area contributed by atoms with Crippen molar-refractivity contribution in [2.75, 3.05) is 0 Å². The van der Waals surface area contributed by atoms with Crippen molar-refractivity contribution < 1.29 is 9.35 Å². The van der Waals surface area contributed by atoms with Crippen molar-refractivity contribution in [3.05, 3.63) is 10.1 Å². The van der Waals surface area contributed by atoms with E-state index in [1.54, 1.807) is 6.92 Å². The molecule has 2 atom stereocenters. The van der Waals surface area contributed by atoms with E-state index in [9.17, 15) is 10.1 Å². The van der Waals surface area contributed by atoms with Crippen LogP contribution in [0.15, 0.2) is 0 Å². The van der Waals surface area contributed by atoms with E-state index < -0.39 is 14.4 Å². The van der Waals surface area contributed by atoms with Crippen LogP contribution < -0.4 is 0 Å². The zero-order valence-corrected chi connectivity index (χ0v) is 14.7. The van der Waals surface area contributed by atoms with Gasteiger partial charge in [-0.3, -0.25) is 10.1 Å². The smallest absolute Gasteiger partial charge is 0.234 e. The Morgan fingerprint density at radius 2 is 1.79 bits per heavy atom. The van der Waals surface area contributed by atoms with Gasteiger partial charge in [-0.2, -0.15) is 0 Å². The van der Waals surface area contributed by atoms with Crippen molar-refractivity contribution in [3.63, 3.8) is 0 Å². The van der Waals surface area contributed by atoms with E-state index in [1.165, 1.54) is 0 Å². The van der Waals surface area contributed by atoms with Crippen LogP contribution in [0, 0.1) is 10.1 Å². The molecule has 0 heterocycles. The van der Waals surface area contributed by atoms with Crippen LogP contribution in [-0.2, 0) is 4.43 Å². The van der Waals surface area contributed by atoms with Gasteiger partial charge in [0.2, 0.25) is 6.04 Å². The molecule has 5 heteroatoms. The Hall–Kier alpha value is -0.423. The third-order valence-electron chi connectivity index (χ3n) is 4.21. The molecule has 0 aromatic heterocycles. The number of unbranched alkanes of at least 4 members (excludes halogenated alkanes) is 2. The Kier molecular flexibility index (Phi) is 7.22. The second-order valence-electron chi connectivity index (χ2n) is 6.94. The molecule has 19 heavy (non-hydrogen) atoms. The van der Waals surface area contributed by atoms with Crippen LogP contribution in [0.3, 0.4) is 0 Å². The van der Waals surface area contributed by atoms with Gasteiger partial charge in [0.25, 0.3) is 0 Å². The highest BCUT2D eigenvalue weighted by molar-refractivity contribution is 6.74. The maximum atomic E-state index is 11.0. The lowest BCUT2D eigenvalue weighted by Crippen LogP contribution is -2.48. The van der Waals surface area contributed by atoms with Crippen molar-refractivity contribution in [1.29, 1.82) is 0 Å². The van der Waals surface area contributed by atoms with E-state index in [2.05, 4.69) is 40.8 Å². The normalized spacial score (nSPS) is 16.2. The predicted octanol–water partition coefficient (Wildman–Crippen LogP) is 4.62. The van der Waals surface area contributed by atoms with Gasteiger partial charge in [-0.15, -0.1) is 0 Å². The maximum Gasteiger partial charge on any atom is 0.234 e. The van der Waals surface area contributed by atoms with Crippen molar-refractivity contribution in [2.24, 2.45) is 0 Å². The summed E-state index contributed by atoms with van der Waals surface area (Å²) >= 11 is 0. The summed E-state index contributed by atoms with van der Waals surface area (Å²) in [7, 11) is -1.94. The van der Waals surface area contributed by atoms with Crippen LogP contribution >= 0.6 is 0 Å². The predicted molar refractivity (Wildman–Crippen MR) is 82.7 cm³/mol. The first-order valence-corrected chi connectivity index (χ1v) is 10.2. The second kappa shape index (κ2) is 7.38. The quantitative estimate of drug-likeness (QED) is 0.283. The average molecular weight is 289 g/mol. The molecule has 0 aliphatic heterocycles. The molecule has 0 aromatic carbocycles. The van der Waals surface area contributed by atoms with Gasteiger partial charge < -0.3 is 4.43 Å². The number of hydrogen-bond donors (Lipinski definition) is 0. The van der Waals surface area contributed by atoms with Gasteiger partial charge in [0.15, 0.2) is 8.32 Å². The third kappa shape index (κ3) is 6.04. The van der Waals surface area contributed by atoms with E-state index >= 15 is 0 Å². The maximum absolute atomic E-state index is 11.0. The summed E-state index contributed by atoms with van der Waals surface area (Å²) in [5.74, 6) is 0. The first kappa shape index (κ1) is 18.6. The lowest BCUT2D eigenvalue weighted by atomic mass is 10.1. The Balaban J connectivity index is 4.80. The molecular weight excluding hydrogens is 258 g/mol. The molecule has 0 amide bonds. The van der Waals surface area contributed by atoms with E-state index in [4.69, 9.17) is 4.43 Å². The fourth-order valence-electron chi connectivity index (χ4n) is 1.69. The number of hydrogen-bond acceptors (Lipinski definition) is 3. The fraction of sp³-hybridized carbons (Fsp3) is 1.00. The number of nitrogens with zero attached hydrogens (tertiary/aromatic N) is 1. The monoisotopic (exact) mass is 289 g/mol. The van der Waals surface area contributed by atoms with E-state index in [-0.39, 0.29) is 16.1 Å². The molecular formula is C14H31NO3Si. The Morgan fingerprint density at radius 3 is 2.16 bits per heavy atom. The number of nitro groups is 1. The zero-order valence-electron chi connectivity index (χ0n) is 13.7. The molecule has 0 spiro atoms. The molecule has 0 aliphatic rings. The molecule has 0 aromatic rings. The SMILES string of the molecule is CCCCC[C@H](O[Si](C)(C)C(C)(C)C)[C@H](C)[N+](=O)[O-]. The first-order valence-electron chi connectivity index (χ1n) is 7.34. The standard InChI is InChI=1S/C14H31NO3Si/c1-8-9-10-11-13(12(2)15(16)17)18-19(6,7)14(3,4)5/h12-13H,8-11H2,1-7H3/t12-,13-/m0/s1. The van der Waals surface area contributed by atoms with Crippen molar-refractivity contribution in [2.45, 2.75) is 90.6 Å². The summed E-state index contributed by atoms with van der Waals surface area (Å²) in [6, 6.07) is -0.619. The molecule has 0 bridgehead atoms. The average Bonchev–Trinajstić information content (AvgIpc) is 2.25. The van der Waals surface area contributed by atoms with Crippen LogP contribution in [-0.4, -0.2) is 25.4 Å². The molecule has 114 valence electrons. The van der Waals surface area contributed by atoms with Crippen LogP contribution in [0.1, 0.15) is 60.3 Å². The van der Waals surface area contributed by atoms with E-state index in [1.807, 2.05) is 0 Å². The molecule has 0 saturated heterocycles. The Bertz CT molecular complexity index is 287. The Morgan fingerprint density at radius 1 is 1.26 bits per heavy atom. The molecule has 0 rings (SSSR count). The minimum Gasteiger partial charge on any atom is -0.407 e. The molecule has 0 aliphatic carbocycles. The van der Waals surface area contributed by atoms with Crippen molar-refractivity contribution in [1.82, 2.24) is 0 Å². The highest BCUT2D eigenvalue weighted by Gasteiger charge is 2.42. The van der Waals surface area contributed by atoms with Gasteiger partial charge in [0.1, 0.15) is 6.10 Å². The van der Waals surface area contributed by atoms with Crippen LogP contribution in [0.25, 0.3) is 0 Å². The summed E-state index contributed by atoms with van der Waals surface area (Å²) in [5.41, 5.74) is 0. The fourth-order valence-corrected chi connectivity index (χ4v) is 3.11. The van der Waals surface area contributed by atoms with Gasteiger partial charge in [0.05, 0.1) is 0 Å². The van der Waals surface area contributed by atoms with E-state index in [0.717, 1.165) is 25.7 Å². The molecule has 0 fully saturated rings. The summed E-state index contributed by atoms with van der Waals surface area (Å²) in [6.45, 7) is 14.6. The lowest BCUT2D eigenvalue weighted by Gasteiger charge is -2.39. The summed E-state index contributed by atoms with van der Waals surface area (Å²) in [4.78, 5) is 10.8. The number of rotatable bonds is 8. The zero-order chi connectivity index (χ0) is 15.3.